The average Bonchev–Trinajstić information content (AvgIpc) is 2.02. The highest BCUT2D eigenvalue weighted by molar-refractivity contribution is 4.98. The van der Waals surface area contributed by atoms with Crippen LogP contribution < -0.4 is 0 Å². The molecule has 0 aliphatic carbocycles. The molecule has 0 unspecified atom stereocenters. The van der Waals surface area contributed by atoms with Crippen LogP contribution in [0.4, 0.5) is 30.9 Å². The van der Waals surface area contributed by atoms with Crippen molar-refractivity contribution in [1.29, 1.82) is 0 Å². The van der Waals surface area contributed by atoms with Crippen LogP contribution in [-0.4, -0.2) is 6.18 Å². The van der Waals surface area contributed by atoms with Gasteiger partial charge in [0.05, 0.1) is 0 Å². The van der Waals surface area contributed by atoms with Crippen LogP contribution in [0.25, 0.3) is 0 Å². The molecule has 13 heavy (non-hydrogen) atoms. The fraction of sp³-hybridized carbons (Fsp3) is 0.200. The molecule has 0 aromatic carbocycles. The second kappa shape index (κ2) is 6.32. The Kier molecular flexibility index (Phi) is 6.96. The van der Waals surface area contributed by atoms with E-state index >= 15 is 0 Å². The molecule has 0 atom stereocenters. The van der Waals surface area contributed by atoms with E-state index in [1.165, 1.54) is 0 Å². The zero-order valence-corrected chi connectivity index (χ0v) is 5.84. The van der Waals surface area contributed by atoms with Crippen LogP contribution in [0.1, 0.15) is 0 Å². The third-order valence-electron chi connectivity index (χ3n) is 0.478. The zero-order chi connectivity index (χ0) is 11.1. The molecule has 0 heterocycles. The smallest absolute Gasteiger partial charge is 0.303 e. The molecule has 0 saturated heterocycles. The van der Waals surface area contributed by atoms with Crippen LogP contribution in [0.2, 0.25) is 0 Å². The van der Waals surface area contributed by atoms with Gasteiger partial charge in [-0.1, -0.05) is 6.58 Å². The van der Waals surface area contributed by atoms with Crippen molar-refractivity contribution >= 4 is 0 Å². The maximum atomic E-state index is 11.0. The summed E-state index contributed by atoms with van der Waals surface area (Å²) < 4.78 is 74.9. The zero-order valence-electron chi connectivity index (χ0n) is 5.84. The first-order valence-electron chi connectivity index (χ1n) is 2.43. The highest BCUT2D eigenvalue weighted by atomic mass is 19.4. The van der Waals surface area contributed by atoms with Gasteiger partial charge in [-0.15, -0.1) is 0 Å². The summed E-state index contributed by atoms with van der Waals surface area (Å²) in [7, 11) is 0. The normalized spacial score (nSPS) is 9.46. The lowest BCUT2D eigenvalue weighted by molar-refractivity contribution is -0.113. The number of rotatable bonds is 1. The highest BCUT2D eigenvalue weighted by Gasteiger charge is 2.38. The van der Waals surface area contributed by atoms with E-state index in [1.54, 1.807) is 0 Å². The van der Waals surface area contributed by atoms with Crippen molar-refractivity contribution in [3.63, 3.8) is 0 Å². The molecule has 0 aliphatic heterocycles. The van der Waals surface area contributed by atoms with E-state index < -0.39 is 18.1 Å². The lowest BCUT2D eigenvalue weighted by Crippen LogP contribution is -2.08. The molecule has 78 valence electrons. The molecule has 0 radical (unpaired) electrons. The fourth-order valence-corrected chi connectivity index (χ4v) is 0.107. The molecule has 0 amide bonds. The van der Waals surface area contributed by atoms with E-state index in [1.807, 2.05) is 0 Å². The Morgan fingerprint density at radius 3 is 1.46 bits per heavy atom. The molecule has 0 fully saturated rings. The van der Waals surface area contributed by atoms with Crippen molar-refractivity contribution in [1.82, 2.24) is 0 Å². The monoisotopic (exact) mass is 212 g/mol. The van der Waals surface area contributed by atoms with Crippen molar-refractivity contribution in [2.75, 3.05) is 0 Å². The molecule has 0 aromatic heterocycles. The third kappa shape index (κ3) is 8.70. The summed E-state index contributed by atoms with van der Waals surface area (Å²) >= 11 is 0. The van der Waals surface area contributed by atoms with E-state index in [2.05, 4.69) is 11.5 Å². The van der Waals surface area contributed by atoms with Gasteiger partial charge in [-0.3, -0.25) is 0 Å². The Morgan fingerprint density at radius 1 is 1.15 bits per heavy atom. The van der Waals surface area contributed by atoms with Gasteiger partial charge in [-0.2, -0.15) is 26.3 Å². The third-order valence-corrected chi connectivity index (χ3v) is 0.478. The van der Waals surface area contributed by atoms with Gasteiger partial charge in [-0.25, -0.2) is 0 Å². The van der Waals surface area contributed by atoms with Gasteiger partial charge in [0.2, 0.25) is 0 Å². The molecule has 0 spiro atoms. The molecule has 0 aliphatic rings. The molecule has 0 bridgehead atoms. The number of hydrogen-bond acceptors (Lipinski definition) is 1. The number of alkyl halides is 3. The molecular formula is C5H3F7O. The SMILES string of the molecule is C=COF.FC(F)=C(F)C(F)(F)F. The van der Waals surface area contributed by atoms with Gasteiger partial charge < -0.3 is 4.94 Å². The standard InChI is InChI=1S/C3F6.C2H3FO/c4-1(2(5)6)3(7,8)9;1-2-4-3/h;2H,1H2. The van der Waals surface area contributed by atoms with E-state index in [4.69, 9.17) is 0 Å². The van der Waals surface area contributed by atoms with Crippen LogP contribution in [0.5, 0.6) is 0 Å². The van der Waals surface area contributed by atoms with Gasteiger partial charge in [0.25, 0.3) is 5.83 Å². The first-order valence-corrected chi connectivity index (χ1v) is 2.43. The van der Waals surface area contributed by atoms with E-state index in [0.717, 1.165) is 0 Å². The fourth-order valence-electron chi connectivity index (χ4n) is 0.107. The Morgan fingerprint density at radius 2 is 1.46 bits per heavy atom. The summed E-state index contributed by atoms with van der Waals surface area (Å²) in [4.78, 5) is 2.81. The minimum atomic E-state index is -5.56. The predicted molar refractivity (Wildman–Crippen MR) is 28.8 cm³/mol. The van der Waals surface area contributed by atoms with Gasteiger partial charge >= 0.3 is 12.3 Å². The maximum absolute atomic E-state index is 11.0. The first kappa shape index (κ1) is 14.3. The summed E-state index contributed by atoms with van der Waals surface area (Å²) in [6, 6.07) is 0. The number of allylic oxidation sites excluding steroid dienone is 1. The second-order valence-electron chi connectivity index (χ2n) is 1.33. The van der Waals surface area contributed by atoms with Crippen LogP contribution in [-0.2, 0) is 4.94 Å². The van der Waals surface area contributed by atoms with Crippen LogP contribution in [0, 0.1) is 0 Å². The predicted octanol–water partition coefficient (Wildman–Crippen LogP) is 3.66. The number of hydrogen-bond donors (Lipinski definition) is 0. The molecular weight excluding hydrogens is 209 g/mol. The molecule has 1 nitrogen and oxygen atoms in total. The molecule has 0 saturated carbocycles. The van der Waals surface area contributed by atoms with Crippen molar-refractivity contribution in [3.05, 3.63) is 24.7 Å². The molecule has 0 N–H and O–H groups in total. The van der Waals surface area contributed by atoms with Crippen LogP contribution in [0.3, 0.4) is 0 Å². The lowest BCUT2D eigenvalue weighted by Gasteiger charge is -1.98. The van der Waals surface area contributed by atoms with Gasteiger partial charge in [0.15, 0.2) is 0 Å². The van der Waals surface area contributed by atoms with Gasteiger partial charge in [-0.05, 0) is 0 Å². The minimum absolute atomic E-state index is 0.708. The lowest BCUT2D eigenvalue weighted by atomic mass is 10.6. The summed E-state index contributed by atoms with van der Waals surface area (Å²) in [5, 5.41) is 0. The van der Waals surface area contributed by atoms with Gasteiger partial charge in [0.1, 0.15) is 6.26 Å². The summed E-state index contributed by atoms with van der Waals surface area (Å²) in [6.07, 6.45) is -8.19. The highest BCUT2D eigenvalue weighted by Crippen LogP contribution is 2.29. The van der Waals surface area contributed by atoms with Crippen molar-refractivity contribution in [3.8, 4) is 0 Å². The molecule has 0 rings (SSSR count). The number of halogens is 7. The first-order chi connectivity index (χ1) is 5.77. The molecule has 0 aromatic rings. The Balaban J connectivity index is 0. The minimum Gasteiger partial charge on any atom is -0.303 e. The Bertz CT molecular complexity index is 178. The topological polar surface area (TPSA) is 9.23 Å². The Labute approximate surface area is 68.0 Å². The van der Waals surface area contributed by atoms with E-state index in [9.17, 15) is 30.9 Å². The Hall–Kier alpha value is -1.21. The van der Waals surface area contributed by atoms with Crippen molar-refractivity contribution < 1.29 is 35.8 Å². The largest absolute Gasteiger partial charge is 0.448 e. The average molecular weight is 212 g/mol. The van der Waals surface area contributed by atoms with Crippen LogP contribution >= 0.6 is 0 Å². The second-order valence-corrected chi connectivity index (χ2v) is 1.33. The maximum Gasteiger partial charge on any atom is 0.448 e. The quantitative estimate of drug-likeness (QED) is 0.476. The van der Waals surface area contributed by atoms with E-state index in [0.29, 0.717) is 6.26 Å². The van der Waals surface area contributed by atoms with Gasteiger partial charge in [0, 0.05) is 4.53 Å². The summed E-state index contributed by atoms with van der Waals surface area (Å²) in [6.45, 7) is 2.88. The summed E-state index contributed by atoms with van der Waals surface area (Å²) in [5.74, 6) is -3.33. The van der Waals surface area contributed by atoms with E-state index in [-0.39, 0.29) is 0 Å². The van der Waals surface area contributed by atoms with Crippen molar-refractivity contribution in [2.24, 2.45) is 0 Å². The van der Waals surface area contributed by atoms with Crippen LogP contribution in [0.15, 0.2) is 24.7 Å². The van der Waals surface area contributed by atoms with Crippen molar-refractivity contribution in [2.45, 2.75) is 6.18 Å². The summed E-state index contributed by atoms with van der Waals surface area (Å²) in [5.41, 5.74) is 0. The molecule has 8 heteroatoms.